The lowest BCUT2D eigenvalue weighted by atomic mass is 10.3. The molecule has 0 bridgehead atoms. The average molecular weight is 365 g/mol. The summed E-state index contributed by atoms with van der Waals surface area (Å²) >= 11 is 1.47. The lowest BCUT2D eigenvalue weighted by Crippen LogP contribution is -2.36. The highest BCUT2D eigenvalue weighted by atomic mass is 35.5. The number of hydrogen-bond acceptors (Lipinski definition) is 4. The number of carbonyl (C=O) groups excluding carboxylic acids is 1. The summed E-state index contributed by atoms with van der Waals surface area (Å²) in [6.45, 7) is 4.61. The molecule has 0 saturated carbocycles. The van der Waals surface area contributed by atoms with Crippen LogP contribution in [0.1, 0.15) is 22.3 Å². The first-order valence-corrected chi connectivity index (χ1v) is 8.42. The van der Waals surface area contributed by atoms with E-state index in [4.69, 9.17) is 0 Å². The number of carbonyl (C=O) groups is 1. The quantitative estimate of drug-likeness (QED) is 0.731. The van der Waals surface area contributed by atoms with Crippen LogP contribution in [0.25, 0.3) is 15.9 Å². The Kier molecular flexibility index (Phi) is 5.99. The summed E-state index contributed by atoms with van der Waals surface area (Å²) in [6, 6.07) is 12.2. The number of likely N-dealkylation sites (N-methyl/N-ethyl adjacent to an activating group) is 1. The summed E-state index contributed by atoms with van der Waals surface area (Å²) < 4.78 is 1.91. The summed E-state index contributed by atoms with van der Waals surface area (Å²) in [5.74, 6) is -0.0349. The van der Waals surface area contributed by atoms with Gasteiger partial charge in [0, 0.05) is 18.0 Å². The Bertz CT molecular complexity index is 828. The number of nitrogens with zero attached hydrogens (tertiary/aromatic N) is 2. The maximum absolute atomic E-state index is 12.3. The number of amides is 1. The van der Waals surface area contributed by atoms with Crippen molar-refractivity contribution in [2.75, 3.05) is 13.6 Å². The number of rotatable bonds is 5. The number of aryl methyl sites for hydroxylation is 1. The smallest absolute Gasteiger partial charge is 0.261 e. The number of halogens is 1. The second-order valence-electron chi connectivity index (χ2n) is 5.56. The van der Waals surface area contributed by atoms with Gasteiger partial charge in [0.05, 0.1) is 16.3 Å². The summed E-state index contributed by atoms with van der Waals surface area (Å²) in [4.78, 5) is 14.1. The van der Waals surface area contributed by atoms with E-state index in [0.717, 1.165) is 21.6 Å². The molecule has 128 valence electrons. The van der Waals surface area contributed by atoms with Crippen LogP contribution in [0.3, 0.4) is 0 Å². The van der Waals surface area contributed by atoms with Crippen molar-refractivity contribution >= 4 is 39.9 Å². The van der Waals surface area contributed by atoms with Crippen molar-refractivity contribution in [2.45, 2.75) is 19.9 Å². The van der Waals surface area contributed by atoms with Gasteiger partial charge in [-0.15, -0.1) is 23.7 Å². The van der Waals surface area contributed by atoms with E-state index in [-0.39, 0.29) is 24.4 Å². The predicted molar refractivity (Wildman–Crippen MR) is 102 cm³/mol. The maximum atomic E-state index is 12.3. The zero-order chi connectivity index (χ0) is 16.4. The molecule has 5 nitrogen and oxygen atoms in total. The molecule has 1 unspecified atom stereocenters. The number of para-hydroxylation sites is 1. The summed E-state index contributed by atoms with van der Waals surface area (Å²) in [5, 5.41) is 11.7. The maximum Gasteiger partial charge on any atom is 0.261 e. The Balaban J connectivity index is 0.00000208. The van der Waals surface area contributed by atoms with Gasteiger partial charge in [0.25, 0.3) is 5.91 Å². The van der Waals surface area contributed by atoms with Crippen LogP contribution < -0.4 is 10.6 Å². The van der Waals surface area contributed by atoms with Gasteiger partial charge in [-0.3, -0.25) is 4.79 Å². The molecule has 2 aromatic heterocycles. The lowest BCUT2D eigenvalue weighted by Gasteiger charge is -2.10. The number of hydrogen-bond donors (Lipinski definition) is 2. The van der Waals surface area contributed by atoms with E-state index in [0.29, 0.717) is 11.4 Å². The Morgan fingerprint density at radius 2 is 2.04 bits per heavy atom. The van der Waals surface area contributed by atoms with Gasteiger partial charge in [0.2, 0.25) is 0 Å². The highest BCUT2D eigenvalue weighted by Gasteiger charge is 2.17. The third kappa shape index (κ3) is 3.61. The number of aromatic nitrogens is 2. The van der Waals surface area contributed by atoms with Crippen LogP contribution in [0.2, 0.25) is 0 Å². The standard InChI is InChI=1S/C17H20N4OS.ClH/c1-11(18-3)10-19-16(22)15-9-14-12(2)20-21(17(14)23-15)13-7-5-4-6-8-13;/h4-9,11,18H,10H2,1-3H3,(H,19,22);1H. The normalized spacial score (nSPS) is 12.0. The van der Waals surface area contributed by atoms with Crippen LogP contribution in [0.15, 0.2) is 36.4 Å². The van der Waals surface area contributed by atoms with Gasteiger partial charge in [0.1, 0.15) is 4.83 Å². The molecule has 2 heterocycles. The van der Waals surface area contributed by atoms with E-state index in [9.17, 15) is 4.79 Å². The second-order valence-corrected chi connectivity index (χ2v) is 6.59. The molecule has 7 heteroatoms. The van der Waals surface area contributed by atoms with Crippen LogP contribution in [0, 0.1) is 6.92 Å². The Labute approximate surface area is 151 Å². The summed E-state index contributed by atoms with van der Waals surface area (Å²) in [6.07, 6.45) is 0. The fraction of sp³-hybridized carbons (Fsp3) is 0.294. The fourth-order valence-corrected chi connectivity index (χ4v) is 3.44. The van der Waals surface area contributed by atoms with Crippen molar-refractivity contribution in [3.63, 3.8) is 0 Å². The zero-order valence-electron chi connectivity index (χ0n) is 13.9. The largest absolute Gasteiger partial charge is 0.350 e. The topological polar surface area (TPSA) is 58.9 Å². The molecule has 24 heavy (non-hydrogen) atoms. The van der Waals surface area contributed by atoms with Gasteiger partial charge in [0.15, 0.2) is 0 Å². The second kappa shape index (κ2) is 7.79. The van der Waals surface area contributed by atoms with Crippen molar-refractivity contribution in [3.05, 3.63) is 47.0 Å². The molecule has 0 aliphatic heterocycles. The first-order chi connectivity index (χ1) is 11.1. The summed E-state index contributed by atoms with van der Waals surface area (Å²) in [7, 11) is 1.88. The number of thiophene rings is 1. The van der Waals surface area contributed by atoms with E-state index in [2.05, 4.69) is 15.7 Å². The molecule has 2 N–H and O–H groups in total. The number of benzene rings is 1. The van der Waals surface area contributed by atoms with Crippen molar-refractivity contribution in [2.24, 2.45) is 0 Å². The SMILES string of the molecule is CNC(C)CNC(=O)c1cc2c(C)nn(-c3ccccc3)c2s1.Cl. The third-order valence-corrected chi connectivity index (χ3v) is 4.94. The molecule has 3 rings (SSSR count). The van der Waals surface area contributed by atoms with Crippen molar-refractivity contribution < 1.29 is 4.79 Å². The highest BCUT2D eigenvalue weighted by Crippen LogP contribution is 2.30. The van der Waals surface area contributed by atoms with Gasteiger partial charge in [-0.2, -0.15) is 5.10 Å². The van der Waals surface area contributed by atoms with Crippen LogP contribution in [-0.2, 0) is 0 Å². The van der Waals surface area contributed by atoms with E-state index < -0.39 is 0 Å². The van der Waals surface area contributed by atoms with Gasteiger partial charge >= 0.3 is 0 Å². The molecule has 0 radical (unpaired) electrons. The Hall–Kier alpha value is -1.89. The van der Waals surface area contributed by atoms with Crippen molar-refractivity contribution in [1.82, 2.24) is 20.4 Å². The molecule has 0 saturated heterocycles. The molecule has 0 spiro atoms. The Morgan fingerprint density at radius 1 is 1.33 bits per heavy atom. The van der Waals surface area contributed by atoms with Gasteiger partial charge in [-0.25, -0.2) is 4.68 Å². The highest BCUT2D eigenvalue weighted by molar-refractivity contribution is 7.20. The van der Waals surface area contributed by atoms with Gasteiger partial charge < -0.3 is 10.6 Å². The molecule has 1 aromatic carbocycles. The molecule has 0 fully saturated rings. The average Bonchev–Trinajstić information content (AvgIpc) is 3.14. The first-order valence-electron chi connectivity index (χ1n) is 7.60. The monoisotopic (exact) mass is 364 g/mol. The minimum absolute atomic E-state index is 0. The Morgan fingerprint density at radius 3 is 2.71 bits per heavy atom. The van der Waals surface area contributed by atoms with E-state index in [1.54, 1.807) is 0 Å². The fourth-order valence-electron chi connectivity index (χ4n) is 2.34. The molecule has 3 aromatic rings. The van der Waals surface area contributed by atoms with E-state index in [1.807, 2.05) is 62.0 Å². The molecule has 0 aliphatic rings. The van der Waals surface area contributed by atoms with Crippen molar-refractivity contribution in [3.8, 4) is 5.69 Å². The van der Waals surface area contributed by atoms with E-state index >= 15 is 0 Å². The van der Waals surface area contributed by atoms with Crippen LogP contribution in [-0.4, -0.2) is 35.3 Å². The predicted octanol–water partition coefficient (Wildman–Crippen LogP) is 3.15. The lowest BCUT2D eigenvalue weighted by molar-refractivity contribution is 0.0954. The molecular weight excluding hydrogens is 344 g/mol. The van der Waals surface area contributed by atoms with Crippen LogP contribution in [0.5, 0.6) is 0 Å². The third-order valence-electron chi connectivity index (χ3n) is 3.83. The van der Waals surface area contributed by atoms with E-state index in [1.165, 1.54) is 11.3 Å². The van der Waals surface area contributed by atoms with Crippen LogP contribution >= 0.6 is 23.7 Å². The molecule has 1 amide bonds. The zero-order valence-corrected chi connectivity index (χ0v) is 15.5. The first kappa shape index (κ1) is 18.4. The minimum atomic E-state index is -0.0349. The molecule has 0 aliphatic carbocycles. The van der Waals surface area contributed by atoms with Gasteiger partial charge in [-0.05, 0) is 39.1 Å². The minimum Gasteiger partial charge on any atom is -0.350 e. The summed E-state index contributed by atoms with van der Waals surface area (Å²) in [5.41, 5.74) is 1.94. The number of fused-ring (bicyclic) bond motifs is 1. The van der Waals surface area contributed by atoms with Gasteiger partial charge in [-0.1, -0.05) is 18.2 Å². The van der Waals surface area contributed by atoms with Crippen molar-refractivity contribution in [1.29, 1.82) is 0 Å². The van der Waals surface area contributed by atoms with Crippen LogP contribution in [0.4, 0.5) is 0 Å². The number of nitrogens with one attached hydrogen (secondary N) is 2. The molecule has 1 atom stereocenters. The molecular formula is C17H21ClN4OS.